The van der Waals surface area contributed by atoms with Crippen molar-refractivity contribution in [3.05, 3.63) is 71.4 Å². The van der Waals surface area contributed by atoms with Crippen molar-refractivity contribution in [3.63, 3.8) is 0 Å². The van der Waals surface area contributed by atoms with Crippen LogP contribution in [0.1, 0.15) is 21.6 Å². The molecule has 184 valence electrons. The molecule has 0 atom stereocenters. The van der Waals surface area contributed by atoms with Gasteiger partial charge in [0.2, 0.25) is 0 Å². The number of benzene rings is 2. The fourth-order valence-corrected chi connectivity index (χ4v) is 4.09. The van der Waals surface area contributed by atoms with Crippen molar-refractivity contribution in [1.82, 2.24) is 25.4 Å². The summed E-state index contributed by atoms with van der Waals surface area (Å²) in [7, 11) is 0. The van der Waals surface area contributed by atoms with Gasteiger partial charge >= 0.3 is 6.61 Å². The Morgan fingerprint density at radius 2 is 1.78 bits per heavy atom. The van der Waals surface area contributed by atoms with Crippen LogP contribution in [0.15, 0.2) is 54.6 Å². The Hall–Kier alpha value is -4.31. The first kappa shape index (κ1) is 23.4. The first-order valence-electron chi connectivity index (χ1n) is 11.4. The third-order valence-electron chi connectivity index (χ3n) is 5.90. The third-order valence-corrected chi connectivity index (χ3v) is 5.90. The number of halogens is 2. The number of ether oxygens (including phenoxy) is 1. The number of H-pyrrole nitrogens is 1. The van der Waals surface area contributed by atoms with E-state index in [1.807, 2.05) is 0 Å². The van der Waals surface area contributed by atoms with Crippen molar-refractivity contribution in [2.75, 3.05) is 26.2 Å². The van der Waals surface area contributed by atoms with Crippen molar-refractivity contribution in [3.8, 4) is 22.8 Å². The number of aromatic nitrogens is 3. The van der Waals surface area contributed by atoms with E-state index in [1.165, 1.54) is 12.1 Å². The van der Waals surface area contributed by atoms with Crippen LogP contribution >= 0.6 is 0 Å². The number of aromatic amines is 1. The van der Waals surface area contributed by atoms with E-state index in [1.54, 1.807) is 59.5 Å². The van der Waals surface area contributed by atoms with Crippen molar-refractivity contribution in [2.24, 2.45) is 0 Å². The van der Waals surface area contributed by atoms with E-state index in [4.69, 9.17) is 0 Å². The summed E-state index contributed by atoms with van der Waals surface area (Å²) in [4.78, 5) is 20.0. The second kappa shape index (κ2) is 10.1. The molecule has 2 aromatic heterocycles. The van der Waals surface area contributed by atoms with Crippen LogP contribution in [-0.2, 0) is 0 Å². The van der Waals surface area contributed by atoms with E-state index < -0.39 is 6.61 Å². The molecule has 1 aliphatic rings. The summed E-state index contributed by atoms with van der Waals surface area (Å²) in [6.07, 6.45) is 3.56. The van der Waals surface area contributed by atoms with Gasteiger partial charge in [-0.1, -0.05) is 18.2 Å². The SMILES string of the molecule is O=C(c1cc(-c2ccc(O)cc2)nc2n[nH]c(C=Cc3ccc(OC(F)F)cc3)c12)N1CCNCC1. The average molecular weight is 491 g/mol. The number of nitrogens with zero attached hydrogens (tertiary/aromatic N) is 3. The number of alkyl halides is 2. The van der Waals surface area contributed by atoms with Crippen LogP contribution in [0, 0.1) is 0 Å². The number of phenols is 1. The minimum atomic E-state index is -2.88. The summed E-state index contributed by atoms with van der Waals surface area (Å²) < 4.78 is 29.2. The van der Waals surface area contributed by atoms with Crippen LogP contribution in [0.25, 0.3) is 34.4 Å². The molecule has 1 amide bonds. The van der Waals surface area contributed by atoms with Crippen molar-refractivity contribution >= 4 is 29.1 Å². The molecule has 0 saturated carbocycles. The van der Waals surface area contributed by atoms with Crippen LogP contribution in [0.3, 0.4) is 0 Å². The number of carbonyl (C=O) groups is 1. The van der Waals surface area contributed by atoms with Crippen molar-refractivity contribution < 1.29 is 23.4 Å². The highest BCUT2D eigenvalue weighted by atomic mass is 19.3. The molecule has 36 heavy (non-hydrogen) atoms. The Labute approximate surface area is 205 Å². The number of piperazine rings is 1. The standard InChI is InChI=1S/C26H23F2N5O3/c27-26(28)36-19-8-1-16(2-9-19)3-10-21-23-20(25(35)33-13-11-29-12-14-33)15-22(30-24(23)32-31-21)17-4-6-18(34)7-5-17/h1-10,15,26,29,34H,11-14H2,(H,30,31,32). The maximum atomic E-state index is 13.6. The first-order valence-corrected chi connectivity index (χ1v) is 11.4. The molecule has 1 fully saturated rings. The minimum Gasteiger partial charge on any atom is -0.508 e. The predicted molar refractivity (Wildman–Crippen MR) is 132 cm³/mol. The maximum Gasteiger partial charge on any atom is 0.387 e. The number of nitrogens with one attached hydrogen (secondary N) is 2. The summed E-state index contributed by atoms with van der Waals surface area (Å²) in [5, 5.41) is 20.8. The second-order valence-electron chi connectivity index (χ2n) is 8.26. The molecule has 1 saturated heterocycles. The van der Waals surface area contributed by atoms with Gasteiger partial charge in [-0.05, 0) is 54.1 Å². The molecule has 10 heteroatoms. The molecule has 3 heterocycles. The number of fused-ring (bicyclic) bond motifs is 1. The normalized spacial score (nSPS) is 14.1. The third kappa shape index (κ3) is 5.03. The monoisotopic (exact) mass is 491 g/mol. The number of phenolic OH excluding ortho intramolecular Hbond substituents is 1. The lowest BCUT2D eigenvalue weighted by Crippen LogP contribution is -2.46. The Balaban J connectivity index is 1.54. The summed E-state index contributed by atoms with van der Waals surface area (Å²) in [5.41, 5.74) is 3.52. The van der Waals surface area contributed by atoms with E-state index in [-0.39, 0.29) is 17.4 Å². The molecule has 0 aliphatic carbocycles. The number of carbonyl (C=O) groups excluding carboxylic acids is 1. The zero-order chi connectivity index (χ0) is 25.1. The molecular formula is C26H23F2N5O3. The highest BCUT2D eigenvalue weighted by Crippen LogP contribution is 2.29. The Morgan fingerprint density at radius 1 is 1.06 bits per heavy atom. The Morgan fingerprint density at radius 3 is 2.47 bits per heavy atom. The van der Waals surface area contributed by atoms with Gasteiger partial charge in [0.1, 0.15) is 11.5 Å². The second-order valence-corrected chi connectivity index (χ2v) is 8.26. The van der Waals surface area contributed by atoms with E-state index in [0.717, 1.165) is 11.1 Å². The number of aromatic hydroxyl groups is 1. The Bertz CT molecular complexity index is 1400. The van der Waals surface area contributed by atoms with Crippen LogP contribution in [-0.4, -0.2) is 63.9 Å². The zero-order valence-corrected chi connectivity index (χ0v) is 19.1. The molecule has 4 aromatic rings. The fraction of sp³-hybridized carbons (Fsp3) is 0.192. The quantitative estimate of drug-likeness (QED) is 0.375. The molecule has 1 aliphatic heterocycles. The maximum absolute atomic E-state index is 13.6. The predicted octanol–water partition coefficient (Wildman–Crippen LogP) is 4.15. The fourth-order valence-electron chi connectivity index (χ4n) is 4.09. The van der Waals surface area contributed by atoms with Gasteiger partial charge in [0, 0.05) is 31.7 Å². The highest BCUT2D eigenvalue weighted by Gasteiger charge is 2.24. The first-order chi connectivity index (χ1) is 17.5. The number of pyridine rings is 1. The van der Waals surface area contributed by atoms with Gasteiger partial charge in [-0.3, -0.25) is 9.89 Å². The molecular weight excluding hydrogens is 468 g/mol. The van der Waals surface area contributed by atoms with E-state index in [9.17, 15) is 18.7 Å². The van der Waals surface area contributed by atoms with Gasteiger partial charge in [-0.25, -0.2) is 4.98 Å². The lowest BCUT2D eigenvalue weighted by atomic mass is 10.0. The summed E-state index contributed by atoms with van der Waals surface area (Å²) in [5.74, 6) is 0.0930. The molecule has 0 spiro atoms. The van der Waals surface area contributed by atoms with Gasteiger partial charge in [-0.15, -0.1) is 0 Å². The van der Waals surface area contributed by atoms with Gasteiger partial charge in [-0.2, -0.15) is 13.9 Å². The summed E-state index contributed by atoms with van der Waals surface area (Å²) in [6, 6.07) is 14.6. The lowest BCUT2D eigenvalue weighted by molar-refractivity contribution is -0.0498. The largest absolute Gasteiger partial charge is 0.508 e. The Kier molecular flexibility index (Phi) is 6.59. The van der Waals surface area contributed by atoms with Crippen molar-refractivity contribution in [2.45, 2.75) is 6.61 Å². The molecule has 5 rings (SSSR count). The van der Waals surface area contributed by atoms with E-state index in [0.29, 0.717) is 54.2 Å². The lowest BCUT2D eigenvalue weighted by Gasteiger charge is -2.27. The van der Waals surface area contributed by atoms with Gasteiger partial charge in [0.25, 0.3) is 5.91 Å². The van der Waals surface area contributed by atoms with Gasteiger partial charge in [0.05, 0.1) is 22.3 Å². The molecule has 8 nitrogen and oxygen atoms in total. The van der Waals surface area contributed by atoms with E-state index >= 15 is 0 Å². The minimum absolute atomic E-state index is 0.0732. The van der Waals surface area contributed by atoms with E-state index in [2.05, 4.69) is 25.2 Å². The molecule has 0 radical (unpaired) electrons. The average Bonchev–Trinajstić information content (AvgIpc) is 3.31. The molecule has 3 N–H and O–H groups in total. The molecule has 0 unspecified atom stereocenters. The van der Waals surface area contributed by atoms with Crippen LogP contribution in [0.5, 0.6) is 11.5 Å². The molecule has 2 aromatic carbocycles. The van der Waals surface area contributed by atoms with Crippen LogP contribution < -0.4 is 10.1 Å². The van der Waals surface area contributed by atoms with Gasteiger partial charge in [0.15, 0.2) is 5.65 Å². The highest BCUT2D eigenvalue weighted by molar-refractivity contribution is 6.09. The van der Waals surface area contributed by atoms with Gasteiger partial charge < -0.3 is 20.1 Å². The van der Waals surface area contributed by atoms with Crippen LogP contribution in [0.2, 0.25) is 0 Å². The smallest absolute Gasteiger partial charge is 0.387 e. The summed E-state index contributed by atoms with van der Waals surface area (Å²) in [6.45, 7) is -0.267. The number of rotatable bonds is 6. The number of amides is 1. The topological polar surface area (TPSA) is 103 Å². The summed E-state index contributed by atoms with van der Waals surface area (Å²) >= 11 is 0. The number of hydrogen-bond acceptors (Lipinski definition) is 6. The molecule has 0 bridgehead atoms. The van der Waals surface area contributed by atoms with Crippen molar-refractivity contribution in [1.29, 1.82) is 0 Å². The van der Waals surface area contributed by atoms with Crippen LogP contribution in [0.4, 0.5) is 8.78 Å². The zero-order valence-electron chi connectivity index (χ0n) is 19.1. The number of hydrogen-bond donors (Lipinski definition) is 3.